The molecule has 0 radical (unpaired) electrons. The van der Waals surface area contributed by atoms with Crippen molar-refractivity contribution in [2.75, 3.05) is 0 Å². The van der Waals surface area contributed by atoms with Crippen molar-refractivity contribution in [2.45, 2.75) is 0 Å². The predicted octanol–water partition coefficient (Wildman–Crippen LogP) is 0.663. The zero-order valence-corrected chi connectivity index (χ0v) is 5.07. The first kappa shape index (κ1) is 5.22. The lowest BCUT2D eigenvalue weighted by molar-refractivity contribution is 0.453. The quantitative estimate of drug-likeness (QED) is 0.557. The maximum Gasteiger partial charge on any atom is 0.230 e. The van der Waals surface area contributed by atoms with Crippen molar-refractivity contribution in [2.24, 2.45) is 0 Å². The van der Waals surface area contributed by atoms with E-state index in [9.17, 15) is 0 Å². The van der Waals surface area contributed by atoms with Crippen molar-refractivity contribution in [3.8, 4) is 5.88 Å². The second kappa shape index (κ2) is 1.70. The first-order valence-electron chi connectivity index (χ1n) is 2.85. The normalized spacial score (nSPS) is 10.4. The lowest BCUT2D eigenvalue weighted by atomic mass is 10.5. The number of aromatic amines is 1. The van der Waals surface area contributed by atoms with Gasteiger partial charge in [-0.1, -0.05) is 0 Å². The monoisotopic (exact) mass is 135 g/mol. The van der Waals surface area contributed by atoms with E-state index in [0.29, 0.717) is 11.2 Å². The highest BCUT2D eigenvalue weighted by atomic mass is 16.3. The Bertz CT molecular complexity index is 355. The fourth-order valence-corrected chi connectivity index (χ4v) is 0.821. The van der Waals surface area contributed by atoms with Crippen molar-refractivity contribution in [3.05, 3.63) is 18.5 Å². The number of hydrogen-bond donors (Lipinski definition) is 2. The van der Waals surface area contributed by atoms with Crippen molar-refractivity contribution < 1.29 is 5.11 Å². The standard InChI is InChI=1S/C6H5N3O/c10-5-3-8-6-4(9-5)1-2-7-6/h1-3H,(H,7,8)(H,9,10). The van der Waals surface area contributed by atoms with E-state index in [2.05, 4.69) is 15.0 Å². The average molecular weight is 135 g/mol. The Morgan fingerprint density at radius 1 is 1.50 bits per heavy atom. The van der Waals surface area contributed by atoms with Gasteiger partial charge in [-0.25, -0.2) is 9.97 Å². The van der Waals surface area contributed by atoms with Gasteiger partial charge in [0.25, 0.3) is 0 Å². The number of nitrogens with zero attached hydrogens (tertiary/aromatic N) is 2. The Labute approximate surface area is 56.6 Å². The molecule has 0 spiro atoms. The molecular weight excluding hydrogens is 130 g/mol. The number of aromatic hydroxyl groups is 1. The molecule has 0 aliphatic rings. The average Bonchev–Trinajstić information content (AvgIpc) is 2.33. The smallest absolute Gasteiger partial charge is 0.230 e. The van der Waals surface area contributed by atoms with E-state index in [0.717, 1.165) is 0 Å². The van der Waals surface area contributed by atoms with Crippen LogP contribution in [-0.2, 0) is 0 Å². The van der Waals surface area contributed by atoms with Gasteiger partial charge in [-0.15, -0.1) is 0 Å². The second-order valence-corrected chi connectivity index (χ2v) is 1.94. The first-order valence-corrected chi connectivity index (χ1v) is 2.85. The number of nitrogens with one attached hydrogen (secondary N) is 1. The molecule has 0 aliphatic carbocycles. The third kappa shape index (κ3) is 0.621. The molecule has 0 saturated heterocycles. The Balaban J connectivity index is 2.86. The third-order valence-electron chi connectivity index (χ3n) is 1.25. The largest absolute Gasteiger partial charge is 0.492 e. The zero-order chi connectivity index (χ0) is 6.97. The molecule has 4 nitrogen and oxygen atoms in total. The minimum absolute atomic E-state index is 0.0490. The second-order valence-electron chi connectivity index (χ2n) is 1.94. The Hall–Kier alpha value is -1.58. The molecule has 0 saturated carbocycles. The Kier molecular flexibility index (Phi) is 0.887. The van der Waals surface area contributed by atoms with Crippen LogP contribution in [0.4, 0.5) is 0 Å². The molecule has 10 heavy (non-hydrogen) atoms. The molecule has 0 fully saturated rings. The minimum Gasteiger partial charge on any atom is -0.492 e. The summed E-state index contributed by atoms with van der Waals surface area (Å²) in [6, 6.07) is 1.75. The summed E-state index contributed by atoms with van der Waals surface area (Å²) in [6.45, 7) is 0. The Morgan fingerprint density at radius 2 is 2.40 bits per heavy atom. The highest BCUT2D eigenvalue weighted by Gasteiger charge is 1.95. The molecule has 4 heteroatoms. The molecule has 2 heterocycles. The first-order chi connectivity index (χ1) is 4.86. The summed E-state index contributed by atoms with van der Waals surface area (Å²) >= 11 is 0. The van der Waals surface area contributed by atoms with Gasteiger partial charge in [0.1, 0.15) is 5.52 Å². The minimum atomic E-state index is -0.0490. The van der Waals surface area contributed by atoms with Crippen LogP contribution in [0.1, 0.15) is 0 Å². The summed E-state index contributed by atoms with van der Waals surface area (Å²) < 4.78 is 0. The van der Waals surface area contributed by atoms with E-state index < -0.39 is 0 Å². The van der Waals surface area contributed by atoms with Crippen molar-refractivity contribution in [1.29, 1.82) is 0 Å². The summed E-state index contributed by atoms with van der Waals surface area (Å²) in [4.78, 5) is 10.5. The predicted molar refractivity (Wildman–Crippen MR) is 35.6 cm³/mol. The van der Waals surface area contributed by atoms with Crippen LogP contribution in [0.25, 0.3) is 11.2 Å². The van der Waals surface area contributed by atoms with Gasteiger partial charge >= 0.3 is 0 Å². The molecule has 2 rings (SSSR count). The molecular formula is C6H5N3O. The van der Waals surface area contributed by atoms with Crippen LogP contribution in [0.5, 0.6) is 5.88 Å². The zero-order valence-electron chi connectivity index (χ0n) is 5.07. The number of rotatable bonds is 0. The van der Waals surface area contributed by atoms with Gasteiger partial charge in [0.2, 0.25) is 5.88 Å². The van der Waals surface area contributed by atoms with Gasteiger partial charge in [-0.05, 0) is 6.07 Å². The summed E-state index contributed by atoms with van der Waals surface area (Å²) in [5, 5.41) is 8.86. The van der Waals surface area contributed by atoms with Crippen LogP contribution in [-0.4, -0.2) is 20.1 Å². The molecule has 0 aliphatic heterocycles. The van der Waals surface area contributed by atoms with E-state index in [1.54, 1.807) is 12.3 Å². The molecule has 2 aromatic heterocycles. The van der Waals surface area contributed by atoms with E-state index in [-0.39, 0.29) is 5.88 Å². The van der Waals surface area contributed by atoms with Crippen LogP contribution in [0.2, 0.25) is 0 Å². The van der Waals surface area contributed by atoms with Gasteiger partial charge in [0.05, 0.1) is 6.20 Å². The van der Waals surface area contributed by atoms with Crippen molar-refractivity contribution in [3.63, 3.8) is 0 Å². The maximum absolute atomic E-state index is 8.86. The molecule has 0 bridgehead atoms. The van der Waals surface area contributed by atoms with Gasteiger partial charge in [-0.2, -0.15) is 0 Å². The molecule has 0 unspecified atom stereocenters. The van der Waals surface area contributed by atoms with E-state index in [4.69, 9.17) is 5.11 Å². The van der Waals surface area contributed by atoms with Crippen molar-refractivity contribution in [1.82, 2.24) is 15.0 Å². The van der Waals surface area contributed by atoms with Crippen LogP contribution in [0, 0.1) is 0 Å². The van der Waals surface area contributed by atoms with Gasteiger partial charge in [0.15, 0.2) is 5.65 Å². The Morgan fingerprint density at radius 3 is 3.30 bits per heavy atom. The van der Waals surface area contributed by atoms with Crippen molar-refractivity contribution >= 4 is 11.2 Å². The summed E-state index contributed by atoms with van der Waals surface area (Å²) in [7, 11) is 0. The van der Waals surface area contributed by atoms with Gasteiger partial charge in [-0.3, -0.25) is 0 Å². The number of aromatic nitrogens is 3. The highest BCUT2D eigenvalue weighted by molar-refractivity contribution is 5.70. The molecule has 0 atom stereocenters. The molecule has 0 amide bonds. The van der Waals surface area contributed by atoms with E-state index in [1.165, 1.54) is 6.20 Å². The lowest BCUT2D eigenvalue weighted by Gasteiger charge is -1.87. The SMILES string of the molecule is Oc1cnc2[nH]ccc2n1. The lowest BCUT2D eigenvalue weighted by Crippen LogP contribution is -1.78. The number of hydrogen-bond acceptors (Lipinski definition) is 3. The maximum atomic E-state index is 8.86. The fourth-order valence-electron chi connectivity index (χ4n) is 0.821. The van der Waals surface area contributed by atoms with Crippen LogP contribution in [0.15, 0.2) is 18.5 Å². The van der Waals surface area contributed by atoms with Crippen LogP contribution in [0.3, 0.4) is 0 Å². The summed E-state index contributed by atoms with van der Waals surface area (Å²) in [5.41, 5.74) is 1.37. The molecule has 50 valence electrons. The number of fused-ring (bicyclic) bond motifs is 1. The van der Waals surface area contributed by atoms with Crippen LogP contribution < -0.4 is 0 Å². The topological polar surface area (TPSA) is 61.8 Å². The van der Waals surface area contributed by atoms with E-state index in [1.807, 2.05) is 0 Å². The van der Waals surface area contributed by atoms with Crippen LogP contribution >= 0.6 is 0 Å². The number of H-pyrrole nitrogens is 1. The third-order valence-corrected chi connectivity index (χ3v) is 1.25. The highest BCUT2D eigenvalue weighted by Crippen LogP contribution is 2.09. The van der Waals surface area contributed by atoms with Gasteiger partial charge in [0, 0.05) is 6.20 Å². The van der Waals surface area contributed by atoms with E-state index >= 15 is 0 Å². The van der Waals surface area contributed by atoms with Gasteiger partial charge < -0.3 is 10.1 Å². The fraction of sp³-hybridized carbons (Fsp3) is 0. The molecule has 2 N–H and O–H groups in total. The summed E-state index contributed by atoms with van der Waals surface area (Å²) in [5.74, 6) is -0.0490. The molecule has 0 aromatic carbocycles. The summed E-state index contributed by atoms with van der Waals surface area (Å²) in [6.07, 6.45) is 3.03. The molecule has 2 aromatic rings.